The molecule has 2 aliphatic rings. The molecule has 3 N–H and O–H groups in total. The first kappa shape index (κ1) is 24.8. The summed E-state index contributed by atoms with van der Waals surface area (Å²) < 4.78 is 14.3. The minimum Gasteiger partial charge on any atom is -0.494 e. The standard InChI is InChI=1S/C28H34N2O5Si/c1-26(2,3)36(5,6)34-14-13-28-15-21(31)27(4,35-28)22-23(28)25(33)30(24(22)32)20-12-11-17(16-29)18-9-7-8-10-19(18)20/h7-12,21,31-33H,13-15H2,1-6H3/t21-,27-,28+/m0/s1. The molecule has 1 fully saturated rings. The first-order chi connectivity index (χ1) is 16.8. The third-order valence-corrected chi connectivity index (χ3v) is 13.2. The maximum absolute atomic E-state index is 11.6. The van der Waals surface area contributed by atoms with Gasteiger partial charge in [-0.15, -0.1) is 0 Å². The van der Waals surface area contributed by atoms with Crippen molar-refractivity contribution in [1.29, 1.82) is 5.26 Å². The Hall–Kier alpha value is -2.83. The summed E-state index contributed by atoms with van der Waals surface area (Å²) in [5, 5.41) is 45.1. The highest BCUT2D eigenvalue weighted by Crippen LogP contribution is 2.65. The van der Waals surface area contributed by atoms with Gasteiger partial charge in [0.1, 0.15) is 11.2 Å². The lowest BCUT2D eigenvalue weighted by atomic mass is 9.76. The van der Waals surface area contributed by atoms with Gasteiger partial charge in [-0.1, -0.05) is 45.0 Å². The normalized spacial score (nSPS) is 25.3. The maximum Gasteiger partial charge on any atom is 0.205 e. The lowest BCUT2D eigenvalue weighted by Crippen LogP contribution is -2.42. The number of aliphatic hydroxyl groups excluding tert-OH is 1. The summed E-state index contributed by atoms with van der Waals surface area (Å²) in [5.74, 6) is -0.272. The molecule has 2 aromatic carbocycles. The van der Waals surface area contributed by atoms with E-state index in [1.807, 2.05) is 24.3 Å². The molecule has 3 aromatic rings. The number of hydrogen-bond donors (Lipinski definition) is 3. The van der Waals surface area contributed by atoms with Crippen LogP contribution in [0.15, 0.2) is 36.4 Å². The second-order valence-corrected chi connectivity index (χ2v) is 16.6. The lowest BCUT2D eigenvalue weighted by molar-refractivity contribution is -0.107. The third-order valence-electron chi connectivity index (χ3n) is 8.68. The molecule has 8 heteroatoms. The molecule has 0 amide bonds. The van der Waals surface area contributed by atoms with E-state index in [2.05, 4.69) is 39.9 Å². The van der Waals surface area contributed by atoms with Gasteiger partial charge in [0.25, 0.3) is 0 Å². The second kappa shape index (κ2) is 7.83. The molecule has 0 aliphatic carbocycles. The predicted molar refractivity (Wildman–Crippen MR) is 140 cm³/mol. The van der Waals surface area contributed by atoms with Gasteiger partial charge in [-0.3, -0.25) is 4.57 Å². The zero-order valence-corrected chi connectivity index (χ0v) is 22.7. The van der Waals surface area contributed by atoms with E-state index in [0.717, 1.165) is 10.8 Å². The number of benzene rings is 2. The van der Waals surface area contributed by atoms with Crippen molar-refractivity contribution in [1.82, 2.24) is 4.57 Å². The molecule has 0 radical (unpaired) electrons. The monoisotopic (exact) mass is 506 g/mol. The van der Waals surface area contributed by atoms with Crippen molar-refractivity contribution in [2.45, 2.75) is 76.0 Å². The van der Waals surface area contributed by atoms with Gasteiger partial charge in [-0.05, 0) is 37.2 Å². The SMILES string of the molecule is CC(C)(C)[Si](C)(C)OCC[C@]12C[C@H](O)[C@](C)(O1)c1c2c(O)n(-c2ccc(C#N)c3ccccc23)c1O. The van der Waals surface area contributed by atoms with Crippen LogP contribution >= 0.6 is 0 Å². The minimum absolute atomic E-state index is 0.0520. The summed E-state index contributed by atoms with van der Waals surface area (Å²) >= 11 is 0. The van der Waals surface area contributed by atoms with E-state index in [4.69, 9.17) is 9.16 Å². The van der Waals surface area contributed by atoms with Crippen LogP contribution < -0.4 is 0 Å². The zero-order valence-electron chi connectivity index (χ0n) is 21.7. The first-order valence-electron chi connectivity index (χ1n) is 12.4. The van der Waals surface area contributed by atoms with Gasteiger partial charge >= 0.3 is 0 Å². The van der Waals surface area contributed by atoms with Crippen LogP contribution in [0.5, 0.6) is 11.8 Å². The van der Waals surface area contributed by atoms with Gasteiger partial charge in [0.2, 0.25) is 11.8 Å². The first-order valence-corrected chi connectivity index (χ1v) is 15.3. The van der Waals surface area contributed by atoms with Crippen molar-refractivity contribution < 1.29 is 24.5 Å². The van der Waals surface area contributed by atoms with Crippen LogP contribution in [0.25, 0.3) is 16.5 Å². The molecule has 36 heavy (non-hydrogen) atoms. The van der Waals surface area contributed by atoms with Gasteiger partial charge in [0, 0.05) is 30.2 Å². The highest BCUT2D eigenvalue weighted by atomic mass is 28.4. The maximum atomic E-state index is 11.6. The fourth-order valence-electron chi connectivity index (χ4n) is 5.61. The molecule has 2 bridgehead atoms. The Balaban J connectivity index is 1.63. The van der Waals surface area contributed by atoms with Gasteiger partial charge in [0.15, 0.2) is 8.32 Å². The summed E-state index contributed by atoms with van der Waals surface area (Å²) in [6.07, 6.45) is -0.0796. The van der Waals surface area contributed by atoms with Crippen molar-refractivity contribution >= 4 is 19.1 Å². The van der Waals surface area contributed by atoms with Gasteiger partial charge < -0.3 is 24.5 Å². The molecule has 5 rings (SSSR count). The second-order valence-electron chi connectivity index (χ2n) is 11.8. The average Bonchev–Trinajstić information content (AvgIpc) is 3.33. The number of aromatic hydroxyl groups is 2. The van der Waals surface area contributed by atoms with Gasteiger partial charge in [-0.25, -0.2) is 0 Å². The minimum atomic E-state index is -2.01. The van der Waals surface area contributed by atoms with Crippen LogP contribution in [0.4, 0.5) is 0 Å². The lowest BCUT2D eigenvalue weighted by Gasteiger charge is -2.37. The van der Waals surface area contributed by atoms with E-state index in [-0.39, 0.29) is 16.8 Å². The van der Waals surface area contributed by atoms with E-state index in [0.29, 0.717) is 41.8 Å². The molecule has 2 aliphatic heterocycles. The topological polar surface area (TPSA) is 108 Å². The van der Waals surface area contributed by atoms with Crippen molar-refractivity contribution in [3.63, 3.8) is 0 Å². The number of aliphatic hydroxyl groups is 1. The number of ether oxygens (including phenoxy) is 1. The van der Waals surface area contributed by atoms with Crippen LogP contribution in [-0.2, 0) is 20.4 Å². The Morgan fingerprint density at radius 1 is 1.11 bits per heavy atom. The van der Waals surface area contributed by atoms with E-state index in [9.17, 15) is 20.6 Å². The van der Waals surface area contributed by atoms with E-state index >= 15 is 0 Å². The van der Waals surface area contributed by atoms with Crippen molar-refractivity contribution in [3.8, 4) is 23.5 Å². The fraction of sp³-hybridized carbons (Fsp3) is 0.464. The summed E-state index contributed by atoms with van der Waals surface area (Å²) in [5.41, 5.74) is -0.125. The molecule has 3 atom stereocenters. The van der Waals surface area contributed by atoms with Crippen LogP contribution in [0, 0.1) is 11.3 Å². The number of rotatable bonds is 5. The van der Waals surface area contributed by atoms with E-state index in [1.165, 1.54) is 4.57 Å². The number of hydrogen-bond acceptors (Lipinski definition) is 6. The molecule has 3 heterocycles. The highest BCUT2D eigenvalue weighted by molar-refractivity contribution is 6.74. The summed E-state index contributed by atoms with van der Waals surface area (Å²) in [6, 6.07) is 13.0. The Kier molecular flexibility index (Phi) is 5.40. The summed E-state index contributed by atoms with van der Waals surface area (Å²) in [7, 11) is -2.01. The molecule has 0 spiro atoms. The van der Waals surface area contributed by atoms with Crippen molar-refractivity contribution in [2.24, 2.45) is 0 Å². The third kappa shape index (κ3) is 3.27. The number of aromatic nitrogens is 1. The number of fused-ring (bicyclic) bond motifs is 6. The molecule has 7 nitrogen and oxygen atoms in total. The van der Waals surface area contributed by atoms with Crippen molar-refractivity contribution in [2.75, 3.05) is 6.61 Å². The van der Waals surface area contributed by atoms with Gasteiger partial charge in [0.05, 0.1) is 34.6 Å². The fourth-order valence-corrected chi connectivity index (χ4v) is 6.66. The molecule has 0 unspecified atom stereocenters. The Morgan fingerprint density at radius 2 is 1.75 bits per heavy atom. The average molecular weight is 507 g/mol. The van der Waals surface area contributed by atoms with E-state index < -0.39 is 25.6 Å². The predicted octanol–water partition coefficient (Wildman–Crippen LogP) is 5.53. The largest absolute Gasteiger partial charge is 0.494 e. The smallest absolute Gasteiger partial charge is 0.205 e. The zero-order chi connectivity index (χ0) is 26.3. The van der Waals surface area contributed by atoms with Crippen molar-refractivity contribution in [3.05, 3.63) is 53.1 Å². The summed E-state index contributed by atoms with van der Waals surface area (Å²) in [4.78, 5) is 0. The Labute approximate surface area is 212 Å². The van der Waals surface area contributed by atoms with Crippen LogP contribution in [0.3, 0.4) is 0 Å². The highest BCUT2D eigenvalue weighted by Gasteiger charge is 2.66. The number of nitrogens with zero attached hydrogens (tertiary/aromatic N) is 2. The summed E-state index contributed by atoms with van der Waals surface area (Å²) in [6.45, 7) is 13.1. The van der Waals surface area contributed by atoms with E-state index in [1.54, 1.807) is 19.1 Å². The molecule has 1 aromatic heterocycles. The van der Waals surface area contributed by atoms with Crippen LogP contribution in [-0.4, -0.2) is 40.9 Å². The van der Waals surface area contributed by atoms with Crippen LogP contribution in [0.1, 0.15) is 57.2 Å². The van der Waals surface area contributed by atoms with Crippen LogP contribution in [0.2, 0.25) is 18.1 Å². The molecule has 0 saturated carbocycles. The number of nitriles is 1. The quantitative estimate of drug-likeness (QED) is 0.393. The molecular formula is C28H34N2O5Si. The molecular weight excluding hydrogens is 472 g/mol. The Bertz CT molecular complexity index is 1420. The molecule has 190 valence electrons. The van der Waals surface area contributed by atoms with Gasteiger partial charge in [-0.2, -0.15) is 5.26 Å². The Morgan fingerprint density at radius 3 is 2.39 bits per heavy atom. The molecule has 1 saturated heterocycles.